The molecule has 0 bridgehead atoms. The molecule has 11 heteroatoms. The Labute approximate surface area is 191 Å². The van der Waals surface area contributed by atoms with Gasteiger partial charge in [-0.05, 0) is 48.9 Å². The van der Waals surface area contributed by atoms with Gasteiger partial charge in [-0.3, -0.25) is 14.5 Å². The van der Waals surface area contributed by atoms with Gasteiger partial charge in [-0.15, -0.1) is 8.78 Å². The second-order valence-electron chi connectivity index (χ2n) is 6.65. The molecule has 1 aliphatic heterocycles. The van der Waals surface area contributed by atoms with Gasteiger partial charge < -0.3 is 10.1 Å². The number of carbonyl (C=O) groups excluding carboxylic acids is 2. The Bertz CT molecular complexity index is 1030. The van der Waals surface area contributed by atoms with E-state index in [0.717, 1.165) is 17.3 Å². The van der Waals surface area contributed by atoms with Crippen molar-refractivity contribution in [2.45, 2.75) is 24.2 Å². The Kier molecular flexibility index (Phi) is 7.08. The molecular weight excluding hydrogens is 471 g/mol. The average molecular weight is 488 g/mol. The van der Waals surface area contributed by atoms with E-state index in [1.807, 2.05) is 6.92 Å². The minimum atomic E-state index is -3.82. The summed E-state index contributed by atoms with van der Waals surface area (Å²) >= 11 is 12.0. The summed E-state index contributed by atoms with van der Waals surface area (Å²) in [5.74, 6) is -0.771. The molecule has 0 saturated carbocycles. The lowest BCUT2D eigenvalue weighted by molar-refractivity contribution is -0.128. The monoisotopic (exact) mass is 487 g/mol. The lowest BCUT2D eigenvalue weighted by atomic mass is 10.2. The van der Waals surface area contributed by atoms with E-state index in [9.17, 15) is 18.4 Å². The molecule has 1 heterocycles. The zero-order valence-electron chi connectivity index (χ0n) is 16.4. The highest BCUT2D eigenvalue weighted by molar-refractivity contribution is 8.15. The number of aryl methyl sites for hydroxylation is 1. The largest absolute Gasteiger partial charge is 0.487 e. The molecule has 2 aromatic carbocycles. The summed E-state index contributed by atoms with van der Waals surface area (Å²) in [6.45, 7) is 1.85. The average Bonchev–Trinajstić information content (AvgIpc) is 2.68. The Balaban J connectivity index is 1.74. The summed E-state index contributed by atoms with van der Waals surface area (Å²) in [6.07, 6.45) is 0.00317. The Morgan fingerprint density at radius 3 is 2.58 bits per heavy atom. The third-order valence-corrected chi connectivity index (χ3v) is 6.02. The maximum atomic E-state index is 12.7. The summed E-state index contributed by atoms with van der Waals surface area (Å²) in [5, 5.41) is 2.88. The molecule has 2 aromatic rings. The molecule has 1 aliphatic rings. The molecule has 6 nitrogen and oxygen atoms in total. The van der Waals surface area contributed by atoms with Crippen LogP contribution in [0.5, 0.6) is 5.75 Å². The smallest absolute Gasteiger partial charge is 0.420 e. The number of rotatable bonds is 5. The molecule has 0 unspecified atom stereocenters. The second kappa shape index (κ2) is 9.42. The number of nitrogens with one attached hydrogen (secondary N) is 1. The van der Waals surface area contributed by atoms with Gasteiger partial charge in [-0.25, -0.2) is 4.99 Å². The van der Waals surface area contributed by atoms with Crippen LogP contribution < -0.4 is 10.1 Å². The first-order chi connectivity index (χ1) is 14.5. The first kappa shape index (κ1) is 23.3. The zero-order chi connectivity index (χ0) is 22.8. The van der Waals surface area contributed by atoms with Crippen molar-refractivity contribution in [1.29, 1.82) is 0 Å². The highest BCUT2D eigenvalue weighted by Crippen LogP contribution is 2.31. The Morgan fingerprint density at radius 2 is 1.97 bits per heavy atom. The number of amides is 2. The summed E-state index contributed by atoms with van der Waals surface area (Å²) in [4.78, 5) is 30.8. The van der Waals surface area contributed by atoms with Crippen molar-refractivity contribution < 1.29 is 23.1 Å². The predicted molar refractivity (Wildman–Crippen MR) is 119 cm³/mol. The normalized spacial score (nSPS) is 18.3. The van der Waals surface area contributed by atoms with Gasteiger partial charge in [0.15, 0.2) is 5.17 Å². The molecule has 0 spiro atoms. The summed E-state index contributed by atoms with van der Waals surface area (Å²) in [5.41, 5.74) is -2.03. The third-order valence-electron chi connectivity index (χ3n) is 4.30. The number of thioether (sulfide) groups is 1. The molecule has 0 radical (unpaired) electrons. The lowest BCUT2D eigenvalue weighted by Gasteiger charge is -2.28. The number of aliphatic imine (C=N–C) groups is 1. The molecule has 1 saturated heterocycles. The Morgan fingerprint density at radius 1 is 1.29 bits per heavy atom. The molecule has 1 N–H and O–H groups in total. The van der Waals surface area contributed by atoms with E-state index in [2.05, 4.69) is 15.0 Å². The van der Waals surface area contributed by atoms with Gasteiger partial charge in [-0.1, -0.05) is 29.4 Å². The van der Waals surface area contributed by atoms with Crippen molar-refractivity contribution in [1.82, 2.24) is 4.90 Å². The van der Waals surface area contributed by atoms with Gasteiger partial charge in [0.05, 0.1) is 5.69 Å². The van der Waals surface area contributed by atoms with Gasteiger partial charge in [0.25, 0.3) is 0 Å². The molecule has 0 aromatic heterocycles. The van der Waals surface area contributed by atoms with E-state index in [4.69, 9.17) is 23.2 Å². The van der Waals surface area contributed by atoms with Crippen molar-refractivity contribution in [3.05, 3.63) is 53.1 Å². The summed E-state index contributed by atoms with van der Waals surface area (Å²) in [7, 11) is 1.55. The van der Waals surface area contributed by atoms with E-state index in [1.165, 1.54) is 29.2 Å². The lowest BCUT2D eigenvalue weighted by Crippen LogP contribution is -2.43. The number of hydrogen-bond acceptors (Lipinski definition) is 5. The highest BCUT2D eigenvalue weighted by Gasteiger charge is 2.34. The number of carbonyl (C=O) groups is 2. The van der Waals surface area contributed by atoms with Crippen LogP contribution in [0.15, 0.2) is 47.5 Å². The fraction of sp³-hybridized carbons (Fsp3) is 0.250. The number of hydrogen-bond donors (Lipinski definition) is 1. The minimum Gasteiger partial charge on any atom is -0.420 e. The highest BCUT2D eigenvalue weighted by atomic mass is 35.5. The van der Waals surface area contributed by atoms with Crippen molar-refractivity contribution in [3.63, 3.8) is 0 Å². The zero-order valence-corrected chi connectivity index (χ0v) is 18.7. The van der Waals surface area contributed by atoms with E-state index in [1.54, 1.807) is 25.2 Å². The molecule has 0 aliphatic carbocycles. The minimum absolute atomic E-state index is 0.00317. The van der Waals surface area contributed by atoms with Crippen LogP contribution in [0.25, 0.3) is 0 Å². The fourth-order valence-electron chi connectivity index (χ4n) is 2.62. The standard InChI is InChI=1S/C20H17Cl2F2N3O3S/c1-11-3-4-13(9-15(11)21)25-18(29)16-10-17(28)27(2)19(31-16)26-12-5-7-14(8-6-12)30-20(22,23)24/h3-9,16H,10H2,1-2H3,(H,25,29)/t16-/m0/s1. The number of nitrogens with zero attached hydrogens (tertiary/aromatic N) is 2. The van der Waals surface area contributed by atoms with Crippen LogP contribution in [0.2, 0.25) is 5.02 Å². The number of anilines is 1. The molecule has 31 heavy (non-hydrogen) atoms. The Hall–Kier alpha value is -2.36. The van der Waals surface area contributed by atoms with Crippen LogP contribution >= 0.6 is 35.0 Å². The molecule has 2 amide bonds. The number of benzene rings is 2. The number of alkyl halides is 3. The van der Waals surface area contributed by atoms with Crippen LogP contribution in [-0.4, -0.2) is 39.7 Å². The van der Waals surface area contributed by atoms with Crippen molar-refractivity contribution in [3.8, 4) is 5.75 Å². The van der Waals surface area contributed by atoms with E-state index in [-0.39, 0.29) is 24.0 Å². The quantitative estimate of drug-likeness (QED) is 0.572. The number of ether oxygens (including phenoxy) is 1. The SMILES string of the molecule is Cc1ccc(NC(=O)[C@@H]2CC(=O)N(C)C(=Nc3ccc(OC(F)(F)Cl)cc3)S2)cc1Cl. The van der Waals surface area contributed by atoms with Crippen LogP contribution in [0, 0.1) is 6.92 Å². The summed E-state index contributed by atoms with van der Waals surface area (Å²) in [6, 6.07) is 10.6. The molecule has 164 valence electrons. The fourth-order valence-corrected chi connectivity index (χ4v) is 3.96. The van der Waals surface area contributed by atoms with Gasteiger partial charge >= 0.3 is 5.57 Å². The topological polar surface area (TPSA) is 71.0 Å². The molecule has 1 atom stereocenters. The summed E-state index contributed by atoms with van der Waals surface area (Å²) < 4.78 is 29.7. The van der Waals surface area contributed by atoms with Gasteiger partial charge in [-0.2, -0.15) is 0 Å². The second-order valence-corrected chi connectivity index (χ2v) is 8.67. The van der Waals surface area contributed by atoms with Crippen LogP contribution in [0.1, 0.15) is 12.0 Å². The molecule has 3 rings (SSSR count). The van der Waals surface area contributed by atoms with E-state index >= 15 is 0 Å². The van der Waals surface area contributed by atoms with Crippen LogP contribution in [0.4, 0.5) is 20.2 Å². The van der Waals surface area contributed by atoms with Crippen molar-refractivity contribution in [2.24, 2.45) is 4.99 Å². The molecule has 1 fully saturated rings. The maximum absolute atomic E-state index is 12.7. The van der Waals surface area contributed by atoms with E-state index < -0.39 is 10.8 Å². The van der Waals surface area contributed by atoms with Gasteiger partial charge in [0, 0.05) is 35.8 Å². The van der Waals surface area contributed by atoms with Gasteiger partial charge in [0.1, 0.15) is 11.0 Å². The first-order valence-electron chi connectivity index (χ1n) is 8.96. The molecular formula is C20H17Cl2F2N3O3S. The first-order valence-corrected chi connectivity index (χ1v) is 10.6. The third kappa shape index (κ3) is 6.32. The van der Waals surface area contributed by atoms with E-state index in [0.29, 0.717) is 21.6 Å². The van der Waals surface area contributed by atoms with Gasteiger partial charge in [0.2, 0.25) is 11.8 Å². The number of amidine groups is 1. The van der Waals surface area contributed by atoms with Crippen LogP contribution in [-0.2, 0) is 9.59 Å². The van der Waals surface area contributed by atoms with Crippen molar-refractivity contribution >= 4 is 63.3 Å². The van der Waals surface area contributed by atoms with Crippen molar-refractivity contribution in [2.75, 3.05) is 12.4 Å². The predicted octanol–water partition coefficient (Wildman–Crippen LogP) is 5.41. The number of halogens is 4. The van der Waals surface area contributed by atoms with Crippen LogP contribution in [0.3, 0.4) is 0 Å². The maximum Gasteiger partial charge on any atom is 0.487 e.